The first-order valence-electron chi connectivity index (χ1n) is 8.35. The topological polar surface area (TPSA) is 61.8 Å². The maximum absolute atomic E-state index is 12.1. The highest BCUT2D eigenvalue weighted by Crippen LogP contribution is 2.47. The Hall–Kier alpha value is -2.04. The van der Waals surface area contributed by atoms with Crippen molar-refractivity contribution < 1.29 is 23.8 Å². The van der Waals surface area contributed by atoms with Gasteiger partial charge in [0.15, 0.2) is 0 Å². The first-order chi connectivity index (χ1) is 11.3. The first kappa shape index (κ1) is 18.3. The van der Waals surface area contributed by atoms with Crippen molar-refractivity contribution in [2.75, 3.05) is 7.11 Å². The van der Waals surface area contributed by atoms with Crippen molar-refractivity contribution >= 4 is 11.9 Å². The lowest BCUT2D eigenvalue weighted by Crippen LogP contribution is -2.53. The van der Waals surface area contributed by atoms with Crippen LogP contribution in [0.25, 0.3) is 0 Å². The molecule has 0 N–H and O–H groups in total. The predicted octanol–water partition coefficient (Wildman–Crippen LogP) is 3.61. The quantitative estimate of drug-likeness (QED) is 0.622. The fourth-order valence-corrected chi connectivity index (χ4v) is 3.53. The van der Waals surface area contributed by atoms with Gasteiger partial charge in [0.25, 0.3) is 0 Å². The van der Waals surface area contributed by atoms with Crippen molar-refractivity contribution in [3.05, 3.63) is 29.8 Å². The Balaban J connectivity index is 2.58. The van der Waals surface area contributed by atoms with Crippen LogP contribution in [0.15, 0.2) is 24.3 Å². The van der Waals surface area contributed by atoms with Crippen LogP contribution in [0.5, 0.6) is 5.75 Å². The third-order valence-corrected chi connectivity index (χ3v) is 5.06. The zero-order valence-corrected chi connectivity index (χ0v) is 15.0. The molecule has 1 saturated heterocycles. The minimum Gasteiger partial charge on any atom is -0.497 e. The van der Waals surface area contributed by atoms with Gasteiger partial charge in [-0.1, -0.05) is 26.0 Å². The average molecular weight is 334 g/mol. The normalized spacial score (nSPS) is 30.8. The van der Waals surface area contributed by atoms with Gasteiger partial charge < -0.3 is 14.2 Å². The summed E-state index contributed by atoms with van der Waals surface area (Å²) in [7, 11) is 1.61. The van der Waals surface area contributed by atoms with Crippen LogP contribution in [0.4, 0.5) is 0 Å². The van der Waals surface area contributed by atoms with E-state index >= 15 is 0 Å². The molecule has 0 radical (unpaired) electrons. The van der Waals surface area contributed by atoms with Crippen molar-refractivity contribution in [1.29, 1.82) is 0 Å². The van der Waals surface area contributed by atoms with Gasteiger partial charge in [0.2, 0.25) is 0 Å². The van der Waals surface area contributed by atoms with Gasteiger partial charge in [-0.2, -0.15) is 0 Å². The zero-order valence-electron chi connectivity index (χ0n) is 15.0. The molecule has 1 aliphatic heterocycles. The van der Waals surface area contributed by atoms with E-state index in [2.05, 4.69) is 0 Å². The van der Waals surface area contributed by atoms with Crippen LogP contribution >= 0.6 is 0 Å². The van der Waals surface area contributed by atoms with Gasteiger partial charge in [-0.3, -0.25) is 9.59 Å². The summed E-state index contributed by atoms with van der Waals surface area (Å²) in [4.78, 5) is 24.1. The number of esters is 2. The fraction of sp³-hybridized carbons (Fsp3) is 0.579. The molecule has 1 fully saturated rings. The summed E-state index contributed by atoms with van der Waals surface area (Å²) < 4.78 is 16.7. The van der Waals surface area contributed by atoms with E-state index in [1.54, 1.807) is 7.11 Å². The Labute approximate surface area is 143 Å². The maximum Gasteiger partial charge on any atom is 0.317 e. The molecule has 1 aromatic rings. The largest absolute Gasteiger partial charge is 0.497 e. The lowest BCUT2D eigenvalue weighted by Gasteiger charge is -2.47. The molecule has 24 heavy (non-hydrogen) atoms. The SMILES string of the molecule is CCC1(C)OC(=O)CC(=O)OC(C)(CC)C1c1ccc(OC)cc1. The van der Waals surface area contributed by atoms with Crippen LogP contribution < -0.4 is 4.74 Å². The molecule has 1 heterocycles. The van der Waals surface area contributed by atoms with Gasteiger partial charge in [0, 0.05) is 0 Å². The van der Waals surface area contributed by atoms with Crippen LogP contribution in [-0.4, -0.2) is 30.3 Å². The molecular weight excluding hydrogens is 308 g/mol. The minimum absolute atomic E-state index is 0.279. The number of methoxy groups -OCH3 is 1. The van der Waals surface area contributed by atoms with E-state index < -0.39 is 23.1 Å². The van der Waals surface area contributed by atoms with E-state index in [9.17, 15) is 9.59 Å². The third-order valence-electron chi connectivity index (χ3n) is 5.06. The van der Waals surface area contributed by atoms with Gasteiger partial charge in [-0.15, -0.1) is 0 Å². The van der Waals surface area contributed by atoms with Crippen LogP contribution in [0.3, 0.4) is 0 Å². The van der Waals surface area contributed by atoms with Crippen molar-refractivity contribution in [2.24, 2.45) is 0 Å². The summed E-state index contributed by atoms with van der Waals surface area (Å²) in [6.45, 7) is 7.77. The number of ether oxygens (including phenoxy) is 3. The lowest BCUT2D eigenvalue weighted by molar-refractivity contribution is -0.194. The summed E-state index contributed by atoms with van der Waals surface area (Å²) in [5, 5.41) is 0. The van der Waals surface area contributed by atoms with E-state index in [-0.39, 0.29) is 12.3 Å². The van der Waals surface area contributed by atoms with Crippen molar-refractivity contribution in [3.8, 4) is 5.75 Å². The van der Waals surface area contributed by atoms with Gasteiger partial charge in [-0.25, -0.2) is 0 Å². The Kier molecular flexibility index (Phi) is 5.21. The standard InChI is InChI=1S/C19H26O5/c1-6-18(3)17(13-8-10-14(22-5)11-9-13)19(4,7-2)24-16(21)12-15(20)23-18/h8-11,17H,6-7,12H2,1-5H3. The number of cyclic esters (lactones) is 2. The number of rotatable bonds is 4. The molecule has 2 atom stereocenters. The predicted molar refractivity (Wildman–Crippen MR) is 89.9 cm³/mol. The van der Waals surface area contributed by atoms with E-state index in [0.717, 1.165) is 11.3 Å². The molecular formula is C19H26O5. The second kappa shape index (κ2) is 6.83. The molecule has 1 aromatic carbocycles. The van der Waals surface area contributed by atoms with Crippen LogP contribution in [-0.2, 0) is 19.1 Å². The second-order valence-electron chi connectivity index (χ2n) is 6.66. The Morgan fingerprint density at radius 2 is 1.46 bits per heavy atom. The molecule has 0 saturated carbocycles. The van der Waals surface area contributed by atoms with Gasteiger partial charge in [0.05, 0.1) is 13.0 Å². The Morgan fingerprint density at radius 1 is 1.00 bits per heavy atom. The molecule has 0 amide bonds. The number of benzene rings is 1. The summed E-state index contributed by atoms with van der Waals surface area (Å²) in [5.41, 5.74) is -0.583. The first-order valence-corrected chi connectivity index (χ1v) is 8.35. The maximum atomic E-state index is 12.1. The van der Waals surface area contributed by atoms with Crippen LogP contribution in [0, 0.1) is 0 Å². The average Bonchev–Trinajstić information content (AvgIpc) is 2.54. The van der Waals surface area contributed by atoms with Gasteiger partial charge in [-0.05, 0) is 44.4 Å². The molecule has 5 heteroatoms. The second-order valence-corrected chi connectivity index (χ2v) is 6.66. The highest BCUT2D eigenvalue weighted by atomic mass is 16.6. The highest BCUT2D eigenvalue weighted by Gasteiger charge is 2.51. The minimum atomic E-state index is -0.767. The van der Waals surface area contributed by atoms with Gasteiger partial charge >= 0.3 is 11.9 Å². The smallest absolute Gasteiger partial charge is 0.317 e. The molecule has 132 valence electrons. The fourth-order valence-electron chi connectivity index (χ4n) is 3.53. The number of hydrogen-bond donors (Lipinski definition) is 0. The van der Waals surface area contributed by atoms with Crippen molar-refractivity contribution in [1.82, 2.24) is 0 Å². The molecule has 0 aromatic heterocycles. The number of carbonyl (C=O) groups excluding carboxylic acids is 2. The lowest BCUT2D eigenvalue weighted by atomic mass is 9.70. The van der Waals surface area contributed by atoms with Crippen molar-refractivity contribution in [3.63, 3.8) is 0 Å². The molecule has 0 bridgehead atoms. The molecule has 2 rings (SSSR count). The summed E-state index contributed by atoms with van der Waals surface area (Å²) in [6, 6.07) is 7.61. The summed E-state index contributed by atoms with van der Waals surface area (Å²) in [6.07, 6.45) is 0.881. The monoisotopic (exact) mass is 334 g/mol. The molecule has 2 unspecified atom stereocenters. The Bertz CT molecular complexity index is 579. The molecule has 0 aliphatic carbocycles. The molecule has 0 spiro atoms. The molecule has 1 aliphatic rings. The van der Waals surface area contributed by atoms with E-state index in [1.807, 2.05) is 52.0 Å². The number of carbonyl (C=O) groups is 2. The van der Waals surface area contributed by atoms with Crippen LogP contribution in [0.1, 0.15) is 58.4 Å². The zero-order chi connectivity index (χ0) is 18.0. The van der Waals surface area contributed by atoms with Crippen molar-refractivity contribution in [2.45, 2.75) is 64.1 Å². The summed E-state index contributed by atoms with van der Waals surface area (Å²) >= 11 is 0. The van der Waals surface area contributed by atoms with E-state index in [0.29, 0.717) is 12.8 Å². The van der Waals surface area contributed by atoms with Crippen LogP contribution in [0.2, 0.25) is 0 Å². The summed E-state index contributed by atoms with van der Waals surface area (Å²) in [5.74, 6) is -0.615. The van der Waals surface area contributed by atoms with E-state index in [4.69, 9.17) is 14.2 Å². The highest BCUT2D eigenvalue weighted by molar-refractivity contribution is 5.92. The van der Waals surface area contributed by atoms with E-state index in [1.165, 1.54) is 0 Å². The Morgan fingerprint density at radius 3 is 1.83 bits per heavy atom. The van der Waals surface area contributed by atoms with Gasteiger partial charge in [0.1, 0.15) is 23.4 Å². The third kappa shape index (κ3) is 3.40. The number of hydrogen-bond acceptors (Lipinski definition) is 5. The molecule has 5 nitrogen and oxygen atoms in total.